The van der Waals surface area contributed by atoms with Crippen LogP contribution in [-0.2, 0) is 0 Å². The molecule has 0 aromatic rings. The molecule has 0 saturated heterocycles. The van der Waals surface area contributed by atoms with E-state index in [1.165, 1.54) is 44.9 Å². The van der Waals surface area contributed by atoms with Crippen molar-refractivity contribution in [3.63, 3.8) is 0 Å². The van der Waals surface area contributed by atoms with Crippen molar-refractivity contribution >= 4 is 12.4 Å². The smallest absolute Gasteiger partial charge is 0.00449 e. The van der Waals surface area contributed by atoms with Crippen molar-refractivity contribution in [3.8, 4) is 0 Å². The van der Waals surface area contributed by atoms with Gasteiger partial charge in [-0.3, -0.25) is 0 Å². The van der Waals surface area contributed by atoms with Crippen LogP contribution in [0.5, 0.6) is 0 Å². The number of hydrogen-bond acceptors (Lipinski definition) is 1. The fraction of sp³-hybridized carbons (Fsp3) is 0.800. The lowest BCUT2D eigenvalue weighted by atomic mass is 9.80. The number of nitrogens with two attached hydrogens (primary N) is 1. The van der Waals surface area contributed by atoms with Crippen molar-refractivity contribution in [3.05, 3.63) is 11.1 Å². The van der Waals surface area contributed by atoms with Crippen molar-refractivity contribution in [1.82, 2.24) is 0 Å². The molecule has 0 aromatic heterocycles. The largest absolute Gasteiger partial charge is 0.328 e. The van der Waals surface area contributed by atoms with E-state index in [2.05, 4.69) is 0 Å². The Balaban J connectivity index is 0.000000720. The van der Waals surface area contributed by atoms with E-state index in [9.17, 15) is 0 Å². The average Bonchev–Trinajstić information content (AvgIpc) is 1.90. The van der Waals surface area contributed by atoms with Crippen molar-refractivity contribution in [2.75, 3.05) is 0 Å². The van der Waals surface area contributed by atoms with Gasteiger partial charge in [-0.1, -0.05) is 11.1 Å². The molecule has 70 valence electrons. The van der Waals surface area contributed by atoms with Crippen LogP contribution in [0.3, 0.4) is 0 Å². The predicted molar refractivity (Wildman–Crippen MR) is 54.6 cm³/mol. The molecule has 0 spiro atoms. The molecular formula is C10H18ClN. The van der Waals surface area contributed by atoms with Gasteiger partial charge in [0.2, 0.25) is 0 Å². The minimum atomic E-state index is 0. The second kappa shape index (κ2) is 4.29. The van der Waals surface area contributed by atoms with Crippen LogP contribution in [0.25, 0.3) is 0 Å². The molecule has 2 fully saturated rings. The Morgan fingerprint density at radius 1 is 0.917 bits per heavy atom. The molecule has 0 aliphatic heterocycles. The maximum Gasteiger partial charge on any atom is 0.00449 e. The van der Waals surface area contributed by atoms with Gasteiger partial charge in [-0.15, -0.1) is 12.4 Å². The molecule has 0 bridgehead atoms. The van der Waals surface area contributed by atoms with Crippen molar-refractivity contribution in [2.45, 2.75) is 51.0 Å². The van der Waals surface area contributed by atoms with Gasteiger partial charge in [0, 0.05) is 6.04 Å². The van der Waals surface area contributed by atoms with E-state index in [-0.39, 0.29) is 12.4 Å². The van der Waals surface area contributed by atoms with Crippen LogP contribution in [0.15, 0.2) is 11.1 Å². The van der Waals surface area contributed by atoms with Crippen molar-refractivity contribution in [1.29, 1.82) is 0 Å². The Labute approximate surface area is 80.8 Å². The van der Waals surface area contributed by atoms with E-state index >= 15 is 0 Å². The zero-order valence-electron chi connectivity index (χ0n) is 7.51. The summed E-state index contributed by atoms with van der Waals surface area (Å²) in [6.45, 7) is 0. The molecule has 12 heavy (non-hydrogen) atoms. The maximum absolute atomic E-state index is 5.83. The third-order valence-electron chi connectivity index (χ3n) is 3.09. The van der Waals surface area contributed by atoms with Crippen LogP contribution in [0.1, 0.15) is 44.9 Å². The highest BCUT2D eigenvalue weighted by atomic mass is 35.5. The average molecular weight is 188 g/mol. The first-order chi connectivity index (χ1) is 5.36. The lowest BCUT2D eigenvalue weighted by molar-refractivity contribution is 0.493. The first kappa shape index (κ1) is 10.1. The number of halogens is 1. The summed E-state index contributed by atoms with van der Waals surface area (Å²) in [7, 11) is 0. The molecule has 2 aliphatic rings. The van der Waals surface area contributed by atoms with Crippen molar-refractivity contribution in [2.24, 2.45) is 5.73 Å². The highest BCUT2D eigenvalue weighted by molar-refractivity contribution is 5.85. The molecule has 1 nitrogen and oxygen atoms in total. The summed E-state index contributed by atoms with van der Waals surface area (Å²) in [5, 5.41) is 0. The number of rotatable bonds is 0. The normalized spacial score (nSPS) is 29.2. The summed E-state index contributed by atoms with van der Waals surface area (Å²) in [4.78, 5) is 0. The van der Waals surface area contributed by atoms with E-state index in [4.69, 9.17) is 5.73 Å². The van der Waals surface area contributed by atoms with E-state index < -0.39 is 0 Å². The summed E-state index contributed by atoms with van der Waals surface area (Å²) in [6, 6.07) is 0.499. The molecule has 0 amide bonds. The summed E-state index contributed by atoms with van der Waals surface area (Å²) in [5.41, 5.74) is 9.37. The quantitative estimate of drug-likeness (QED) is 0.580. The first-order valence-electron chi connectivity index (χ1n) is 4.81. The molecule has 0 atom stereocenters. The minimum Gasteiger partial charge on any atom is -0.328 e. The second-order valence-electron chi connectivity index (χ2n) is 3.90. The maximum atomic E-state index is 5.83. The van der Waals surface area contributed by atoms with Gasteiger partial charge in [0.05, 0.1) is 0 Å². The lowest BCUT2D eigenvalue weighted by Crippen LogP contribution is -2.24. The van der Waals surface area contributed by atoms with Gasteiger partial charge < -0.3 is 5.73 Å². The molecular weight excluding hydrogens is 170 g/mol. The molecule has 0 heterocycles. The van der Waals surface area contributed by atoms with Crippen LogP contribution >= 0.6 is 12.4 Å². The second-order valence-corrected chi connectivity index (χ2v) is 3.90. The molecule has 0 aromatic carbocycles. The van der Waals surface area contributed by atoms with Crippen LogP contribution in [0.2, 0.25) is 0 Å². The van der Waals surface area contributed by atoms with E-state index in [1.807, 2.05) is 0 Å². The van der Waals surface area contributed by atoms with Crippen LogP contribution in [0.4, 0.5) is 0 Å². The number of hydrogen-bond donors (Lipinski definition) is 1. The molecule has 2 saturated carbocycles. The molecule has 0 unspecified atom stereocenters. The Morgan fingerprint density at radius 2 is 1.42 bits per heavy atom. The van der Waals surface area contributed by atoms with Crippen LogP contribution < -0.4 is 5.73 Å². The Bertz CT molecular complexity index is 170. The van der Waals surface area contributed by atoms with E-state index in [0.29, 0.717) is 6.04 Å². The fourth-order valence-electron chi connectivity index (χ4n) is 2.05. The topological polar surface area (TPSA) is 26.0 Å². The summed E-state index contributed by atoms with van der Waals surface area (Å²) >= 11 is 0. The summed E-state index contributed by atoms with van der Waals surface area (Å²) < 4.78 is 0. The predicted octanol–water partition coefficient (Wildman–Crippen LogP) is 2.79. The van der Waals surface area contributed by atoms with Gasteiger partial charge in [-0.25, -0.2) is 0 Å². The summed E-state index contributed by atoms with van der Waals surface area (Å²) in [5.74, 6) is 0. The molecule has 0 radical (unpaired) electrons. The fourth-order valence-corrected chi connectivity index (χ4v) is 2.05. The molecule has 2 heteroatoms. The zero-order valence-corrected chi connectivity index (χ0v) is 8.33. The monoisotopic (exact) mass is 187 g/mol. The van der Waals surface area contributed by atoms with E-state index in [1.54, 1.807) is 11.1 Å². The van der Waals surface area contributed by atoms with Gasteiger partial charge in [-0.05, 0) is 44.9 Å². The standard InChI is InChI=1S/C10H17N.ClH/c11-10-6-4-9(5-7-10)8-2-1-3-8;/h10H,1-7,11H2;1H. The molecule has 2 aliphatic carbocycles. The van der Waals surface area contributed by atoms with Gasteiger partial charge in [0.25, 0.3) is 0 Å². The Morgan fingerprint density at radius 3 is 1.83 bits per heavy atom. The lowest BCUT2D eigenvalue weighted by Gasteiger charge is -2.27. The van der Waals surface area contributed by atoms with Crippen LogP contribution in [-0.4, -0.2) is 6.04 Å². The van der Waals surface area contributed by atoms with Gasteiger partial charge in [0.15, 0.2) is 0 Å². The first-order valence-corrected chi connectivity index (χ1v) is 4.81. The Kier molecular flexibility index (Phi) is 3.60. The third kappa shape index (κ3) is 2.02. The molecule has 2 N–H and O–H groups in total. The van der Waals surface area contributed by atoms with Gasteiger partial charge in [0.1, 0.15) is 0 Å². The van der Waals surface area contributed by atoms with E-state index in [0.717, 1.165) is 0 Å². The zero-order chi connectivity index (χ0) is 7.68. The SMILES string of the molecule is Cl.NC1CCC(=C2CCC2)CC1. The number of allylic oxidation sites excluding steroid dienone is 2. The highest BCUT2D eigenvalue weighted by Crippen LogP contribution is 2.35. The highest BCUT2D eigenvalue weighted by Gasteiger charge is 2.18. The summed E-state index contributed by atoms with van der Waals surface area (Å²) in [6.07, 6.45) is 9.30. The minimum absolute atomic E-state index is 0. The Hall–Kier alpha value is -0.0100. The molecule has 2 rings (SSSR count). The van der Waals surface area contributed by atoms with Crippen LogP contribution in [0, 0.1) is 0 Å². The third-order valence-corrected chi connectivity index (χ3v) is 3.09. The van der Waals surface area contributed by atoms with Gasteiger partial charge in [-0.2, -0.15) is 0 Å². The van der Waals surface area contributed by atoms with Gasteiger partial charge >= 0.3 is 0 Å². The van der Waals surface area contributed by atoms with Crippen molar-refractivity contribution < 1.29 is 0 Å².